The maximum Gasteiger partial charge on any atom is 0.432 e. The highest BCUT2D eigenvalue weighted by Crippen LogP contribution is 2.36. The SMILES string of the molecule is CCCCOc1cc(F)c(C#Cc2cc(F)c(C#Cc3cc(F)c(C(F)(F)Oc4cc(F)c(F)c(F)c4)c(F)c3)c(F)c2)c(F)c1. The number of ether oxygens (including phenoxy) is 2. The van der Waals surface area contributed by atoms with Crippen LogP contribution in [0.2, 0.25) is 0 Å². The molecule has 0 N–H and O–H groups in total. The van der Waals surface area contributed by atoms with Gasteiger partial charge < -0.3 is 9.47 Å². The first-order chi connectivity index (χ1) is 21.7. The van der Waals surface area contributed by atoms with Gasteiger partial charge >= 0.3 is 6.11 Å². The molecule has 0 bridgehead atoms. The molecule has 0 heterocycles. The zero-order valence-corrected chi connectivity index (χ0v) is 23.2. The summed E-state index contributed by atoms with van der Waals surface area (Å²) in [5.41, 5.74) is -4.63. The van der Waals surface area contributed by atoms with Gasteiger partial charge in [-0.1, -0.05) is 37.0 Å². The van der Waals surface area contributed by atoms with Crippen molar-refractivity contribution in [3.05, 3.63) is 129 Å². The van der Waals surface area contributed by atoms with Gasteiger partial charge in [0.05, 0.1) is 17.7 Å². The Labute approximate surface area is 254 Å². The number of hydrogen-bond acceptors (Lipinski definition) is 2. The highest BCUT2D eigenvalue weighted by molar-refractivity contribution is 5.51. The lowest BCUT2D eigenvalue weighted by Crippen LogP contribution is -2.25. The van der Waals surface area contributed by atoms with Gasteiger partial charge in [0.2, 0.25) is 0 Å². The molecule has 0 spiro atoms. The molecule has 238 valence electrons. The van der Waals surface area contributed by atoms with E-state index in [4.69, 9.17) is 4.74 Å². The second kappa shape index (κ2) is 13.9. The van der Waals surface area contributed by atoms with Gasteiger partial charge in [0.15, 0.2) is 17.5 Å². The average Bonchev–Trinajstić information content (AvgIpc) is 2.94. The van der Waals surface area contributed by atoms with Crippen molar-refractivity contribution in [2.45, 2.75) is 25.9 Å². The summed E-state index contributed by atoms with van der Waals surface area (Å²) in [6, 6.07) is 3.75. The van der Waals surface area contributed by atoms with Crippen LogP contribution in [-0.2, 0) is 6.11 Å². The first-order valence-corrected chi connectivity index (χ1v) is 13.1. The van der Waals surface area contributed by atoms with Gasteiger partial charge in [-0.2, -0.15) is 8.78 Å². The Hall–Kier alpha value is -5.17. The normalized spacial score (nSPS) is 11.0. The summed E-state index contributed by atoms with van der Waals surface area (Å²) < 4.78 is 165. The lowest BCUT2D eigenvalue weighted by atomic mass is 10.1. The Bertz CT molecular complexity index is 1840. The van der Waals surface area contributed by atoms with E-state index in [-0.39, 0.29) is 42.2 Å². The van der Waals surface area contributed by atoms with Crippen LogP contribution in [0, 0.1) is 76.0 Å². The second-order valence-electron chi connectivity index (χ2n) is 9.41. The minimum Gasteiger partial charge on any atom is -0.493 e. The van der Waals surface area contributed by atoms with Gasteiger partial charge in [-0.05, 0) is 30.7 Å². The molecule has 0 radical (unpaired) electrons. The molecular formula is C33H17F11O2. The second-order valence-corrected chi connectivity index (χ2v) is 9.41. The molecule has 0 fully saturated rings. The maximum atomic E-state index is 14.7. The van der Waals surface area contributed by atoms with Crippen LogP contribution in [0.1, 0.15) is 47.6 Å². The molecule has 0 aliphatic rings. The summed E-state index contributed by atoms with van der Waals surface area (Å²) in [6.07, 6.45) is -3.41. The summed E-state index contributed by atoms with van der Waals surface area (Å²) in [5.74, 6) is -7.54. The van der Waals surface area contributed by atoms with Crippen LogP contribution in [0.5, 0.6) is 11.5 Å². The molecule has 0 saturated heterocycles. The van der Waals surface area contributed by atoms with E-state index < -0.39 is 86.5 Å². The number of hydrogen-bond donors (Lipinski definition) is 0. The highest BCUT2D eigenvalue weighted by Gasteiger charge is 2.41. The number of benzene rings is 4. The third kappa shape index (κ3) is 7.72. The van der Waals surface area contributed by atoms with Crippen molar-refractivity contribution in [1.82, 2.24) is 0 Å². The van der Waals surface area contributed by atoms with Crippen molar-refractivity contribution in [2.24, 2.45) is 0 Å². The first kappa shape index (κ1) is 33.7. The third-order valence-electron chi connectivity index (χ3n) is 6.02. The number of rotatable bonds is 7. The Balaban J connectivity index is 1.56. The van der Waals surface area contributed by atoms with Crippen molar-refractivity contribution in [3.63, 3.8) is 0 Å². The minimum atomic E-state index is -4.86. The van der Waals surface area contributed by atoms with Crippen LogP contribution in [0.25, 0.3) is 0 Å². The summed E-state index contributed by atoms with van der Waals surface area (Å²) in [6.45, 7) is 2.13. The van der Waals surface area contributed by atoms with Crippen molar-refractivity contribution < 1.29 is 57.8 Å². The van der Waals surface area contributed by atoms with Crippen LogP contribution in [0.4, 0.5) is 48.3 Å². The molecule has 4 aromatic carbocycles. The standard InChI is InChI=1S/C33H17F11O2/c1-2-3-8-45-19-13-25(36)22(26(37)14-19)7-4-17-9-23(34)21(24(35)10-17)6-5-18-11-27(38)31(28(39)12-18)33(43,44)46-20-15-29(40)32(42)30(41)16-20/h9-16H,2-3,8H2,1H3. The molecule has 0 aromatic heterocycles. The quantitative estimate of drug-likeness (QED) is 0.0858. The summed E-state index contributed by atoms with van der Waals surface area (Å²) in [5, 5.41) is 0. The van der Waals surface area contributed by atoms with Gasteiger partial charge in [-0.25, -0.2) is 39.5 Å². The lowest BCUT2D eigenvalue weighted by Gasteiger charge is -2.19. The van der Waals surface area contributed by atoms with Crippen LogP contribution >= 0.6 is 0 Å². The summed E-state index contributed by atoms with van der Waals surface area (Å²) >= 11 is 0. The smallest absolute Gasteiger partial charge is 0.432 e. The van der Waals surface area contributed by atoms with E-state index in [0.717, 1.165) is 18.6 Å². The highest BCUT2D eigenvalue weighted by atomic mass is 19.3. The van der Waals surface area contributed by atoms with Gasteiger partial charge in [0.1, 0.15) is 52.0 Å². The van der Waals surface area contributed by atoms with Crippen LogP contribution in [-0.4, -0.2) is 6.61 Å². The predicted molar refractivity (Wildman–Crippen MR) is 142 cm³/mol. The van der Waals surface area contributed by atoms with E-state index in [1.54, 1.807) is 0 Å². The molecule has 0 aliphatic carbocycles. The van der Waals surface area contributed by atoms with Crippen molar-refractivity contribution in [2.75, 3.05) is 6.61 Å². The number of halogens is 11. The Morgan fingerprint density at radius 2 is 0.957 bits per heavy atom. The van der Waals surface area contributed by atoms with Crippen LogP contribution in [0.15, 0.2) is 48.5 Å². The van der Waals surface area contributed by atoms with Gasteiger partial charge in [0.25, 0.3) is 0 Å². The molecule has 0 amide bonds. The summed E-state index contributed by atoms with van der Waals surface area (Å²) in [4.78, 5) is 0. The number of alkyl halides is 2. The fraction of sp³-hybridized carbons (Fsp3) is 0.152. The Morgan fingerprint density at radius 3 is 1.41 bits per heavy atom. The largest absolute Gasteiger partial charge is 0.493 e. The monoisotopic (exact) mass is 654 g/mol. The molecule has 4 rings (SSSR count). The molecule has 0 aliphatic heterocycles. The Morgan fingerprint density at radius 1 is 0.543 bits per heavy atom. The molecule has 0 saturated carbocycles. The zero-order chi connectivity index (χ0) is 33.8. The summed E-state index contributed by atoms with van der Waals surface area (Å²) in [7, 11) is 0. The molecule has 46 heavy (non-hydrogen) atoms. The van der Waals surface area contributed by atoms with Crippen LogP contribution in [0.3, 0.4) is 0 Å². The molecule has 2 nitrogen and oxygen atoms in total. The minimum absolute atomic E-state index is 0.0282. The van der Waals surface area contributed by atoms with Crippen molar-refractivity contribution in [3.8, 4) is 35.2 Å². The third-order valence-corrected chi connectivity index (χ3v) is 6.02. The topological polar surface area (TPSA) is 18.5 Å². The van der Waals surface area contributed by atoms with Gasteiger partial charge in [-0.15, -0.1) is 0 Å². The van der Waals surface area contributed by atoms with Crippen molar-refractivity contribution >= 4 is 0 Å². The lowest BCUT2D eigenvalue weighted by molar-refractivity contribution is -0.189. The Kier molecular flexibility index (Phi) is 10.2. The molecular weight excluding hydrogens is 637 g/mol. The fourth-order valence-electron chi connectivity index (χ4n) is 3.83. The van der Waals surface area contributed by atoms with E-state index in [1.807, 2.05) is 18.8 Å². The first-order valence-electron chi connectivity index (χ1n) is 13.1. The molecule has 0 atom stereocenters. The zero-order valence-electron chi connectivity index (χ0n) is 23.2. The van der Waals surface area contributed by atoms with E-state index in [0.29, 0.717) is 18.6 Å². The van der Waals surface area contributed by atoms with Crippen molar-refractivity contribution in [1.29, 1.82) is 0 Å². The van der Waals surface area contributed by atoms with E-state index in [2.05, 4.69) is 16.6 Å². The molecule has 13 heteroatoms. The fourth-order valence-corrected chi connectivity index (χ4v) is 3.83. The molecule has 0 unspecified atom stereocenters. The predicted octanol–water partition coefficient (Wildman–Crippen LogP) is 9.05. The average molecular weight is 654 g/mol. The van der Waals surface area contributed by atoms with E-state index in [9.17, 15) is 48.3 Å². The molecule has 4 aromatic rings. The van der Waals surface area contributed by atoms with E-state index >= 15 is 0 Å². The van der Waals surface area contributed by atoms with Gasteiger partial charge in [-0.3, -0.25) is 0 Å². The van der Waals surface area contributed by atoms with E-state index in [1.165, 1.54) is 0 Å². The number of unbranched alkanes of at least 4 members (excludes halogenated alkanes) is 1. The van der Waals surface area contributed by atoms with Crippen LogP contribution < -0.4 is 9.47 Å². The maximum absolute atomic E-state index is 14.7. The van der Waals surface area contributed by atoms with Gasteiger partial charge in [0, 0.05) is 35.4 Å².